The Morgan fingerprint density at radius 2 is 2.24 bits per heavy atom. The van der Waals surface area contributed by atoms with Gasteiger partial charge in [-0.3, -0.25) is 9.48 Å². The van der Waals surface area contributed by atoms with Gasteiger partial charge in [-0.15, -0.1) is 0 Å². The van der Waals surface area contributed by atoms with Crippen molar-refractivity contribution in [3.63, 3.8) is 0 Å². The maximum absolute atomic E-state index is 11.7. The molecule has 7 nitrogen and oxygen atoms in total. The van der Waals surface area contributed by atoms with Crippen molar-refractivity contribution in [1.29, 1.82) is 0 Å². The van der Waals surface area contributed by atoms with Crippen LogP contribution >= 0.6 is 0 Å². The predicted octanol–water partition coefficient (Wildman–Crippen LogP) is -0.604. The van der Waals surface area contributed by atoms with Crippen LogP contribution in [0.1, 0.15) is 19.4 Å². The molecule has 0 spiro atoms. The van der Waals surface area contributed by atoms with Gasteiger partial charge in [0.2, 0.25) is 5.91 Å². The van der Waals surface area contributed by atoms with Gasteiger partial charge in [-0.05, 0) is 13.0 Å². The molecule has 1 heterocycles. The standard InChI is InChI=1S/C10H15N3O4/c1-7(13-5-2-4-11-13)9(15)12-8(3-6-14)10(16)17/h2,4-5,7-8,14H,3,6H2,1H3,(H,12,15)(H,16,17)/t7?,8-/m0/s1. The molecule has 1 amide bonds. The highest BCUT2D eigenvalue weighted by Gasteiger charge is 2.23. The molecule has 0 fully saturated rings. The fourth-order valence-corrected chi connectivity index (χ4v) is 1.31. The Morgan fingerprint density at radius 1 is 1.53 bits per heavy atom. The van der Waals surface area contributed by atoms with Crippen molar-refractivity contribution in [3.8, 4) is 0 Å². The van der Waals surface area contributed by atoms with E-state index in [0.29, 0.717) is 0 Å². The SMILES string of the molecule is CC(C(=O)N[C@@H](CCO)C(=O)O)n1cccn1. The third-order valence-corrected chi connectivity index (χ3v) is 2.33. The first kappa shape index (κ1) is 13.2. The zero-order chi connectivity index (χ0) is 12.8. The van der Waals surface area contributed by atoms with Crippen LogP contribution in [0.25, 0.3) is 0 Å². The number of aliphatic hydroxyl groups is 1. The first-order valence-corrected chi connectivity index (χ1v) is 5.19. The zero-order valence-corrected chi connectivity index (χ0v) is 9.41. The second-order valence-electron chi connectivity index (χ2n) is 3.57. The van der Waals surface area contributed by atoms with Gasteiger partial charge in [0, 0.05) is 25.4 Å². The predicted molar refractivity (Wildman–Crippen MR) is 58.2 cm³/mol. The molecular weight excluding hydrogens is 226 g/mol. The zero-order valence-electron chi connectivity index (χ0n) is 9.41. The second kappa shape index (κ2) is 6.00. The van der Waals surface area contributed by atoms with Crippen LogP contribution in [0.15, 0.2) is 18.5 Å². The van der Waals surface area contributed by atoms with Crippen molar-refractivity contribution in [2.45, 2.75) is 25.4 Å². The summed E-state index contributed by atoms with van der Waals surface area (Å²) >= 11 is 0. The summed E-state index contributed by atoms with van der Waals surface area (Å²) in [7, 11) is 0. The number of rotatable bonds is 6. The number of amides is 1. The summed E-state index contributed by atoms with van der Waals surface area (Å²) in [4.78, 5) is 22.5. The summed E-state index contributed by atoms with van der Waals surface area (Å²) in [5.41, 5.74) is 0. The normalized spacial score (nSPS) is 14.0. The third-order valence-electron chi connectivity index (χ3n) is 2.33. The minimum Gasteiger partial charge on any atom is -0.480 e. The number of carboxylic acids is 1. The highest BCUT2D eigenvalue weighted by Crippen LogP contribution is 2.04. The Balaban J connectivity index is 2.61. The van der Waals surface area contributed by atoms with Gasteiger partial charge in [0.15, 0.2) is 0 Å². The molecule has 7 heteroatoms. The lowest BCUT2D eigenvalue weighted by molar-refractivity contribution is -0.142. The molecule has 0 bridgehead atoms. The van der Waals surface area contributed by atoms with Crippen molar-refractivity contribution < 1.29 is 19.8 Å². The third kappa shape index (κ3) is 3.56. The summed E-state index contributed by atoms with van der Waals surface area (Å²) in [6.45, 7) is 1.31. The quantitative estimate of drug-likeness (QED) is 0.616. The molecule has 0 saturated heterocycles. The molecule has 17 heavy (non-hydrogen) atoms. The molecule has 0 saturated carbocycles. The van der Waals surface area contributed by atoms with Gasteiger partial charge in [-0.1, -0.05) is 0 Å². The number of aliphatic carboxylic acids is 1. The van der Waals surface area contributed by atoms with Crippen LogP contribution in [0.4, 0.5) is 0 Å². The van der Waals surface area contributed by atoms with Crippen LogP contribution in [0.3, 0.4) is 0 Å². The van der Waals surface area contributed by atoms with Crippen molar-refractivity contribution in [2.75, 3.05) is 6.61 Å². The largest absolute Gasteiger partial charge is 0.480 e. The lowest BCUT2D eigenvalue weighted by Crippen LogP contribution is -2.44. The first-order chi connectivity index (χ1) is 8.06. The van der Waals surface area contributed by atoms with Gasteiger partial charge in [0.25, 0.3) is 0 Å². The minimum absolute atomic E-state index is 0.0209. The van der Waals surface area contributed by atoms with E-state index in [1.165, 1.54) is 10.9 Å². The van der Waals surface area contributed by atoms with E-state index in [4.69, 9.17) is 10.2 Å². The van der Waals surface area contributed by atoms with Crippen LogP contribution in [0.5, 0.6) is 0 Å². The van der Waals surface area contributed by atoms with E-state index in [2.05, 4.69) is 10.4 Å². The van der Waals surface area contributed by atoms with Crippen molar-refractivity contribution >= 4 is 11.9 Å². The average molecular weight is 241 g/mol. The molecule has 1 rings (SSSR count). The van der Waals surface area contributed by atoms with Gasteiger partial charge < -0.3 is 15.5 Å². The Hall–Kier alpha value is -1.89. The smallest absolute Gasteiger partial charge is 0.326 e. The number of carbonyl (C=O) groups is 2. The van der Waals surface area contributed by atoms with E-state index >= 15 is 0 Å². The van der Waals surface area contributed by atoms with E-state index in [0.717, 1.165) is 0 Å². The van der Waals surface area contributed by atoms with Gasteiger partial charge in [-0.2, -0.15) is 5.10 Å². The van der Waals surface area contributed by atoms with Crippen LogP contribution in [0, 0.1) is 0 Å². The molecule has 94 valence electrons. The Bertz CT molecular complexity index is 377. The Labute approximate surface area is 98.1 Å². The van der Waals surface area contributed by atoms with E-state index < -0.39 is 24.0 Å². The van der Waals surface area contributed by atoms with Gasteiger partial charge in [-0.25, -0.2) is 4.79 Å². The number of aromatic nitrogens is 2. The number of aliphatic hydroxyl groups excluding tert-OH is 1. The van der Waals surface area contributed by atoms with E-state index in [-0.39, 0.29) is 13.0 Å². The molecule has 0 aliphatic heterocycles. The van der Waals surface area contributed by atoms with Gasteiger partial charge >= 0.3 is 5.97 Å². The van der Waals surface area contributed by atoms with Gasteiger partial charge in [0.1, 0.15) is 12.1 Å². The Kier molecular flexibility index (Phi) is 4.65. The Morgan fingerprint density at radius 3 is 2.71 bits per heavy atom. The number of hydrogen-bond donors (Lipinski definition) is 3. The van der Waals surface area contributed by atoms with E-state index in [1.54, 1.807) is 19.2 Å². The highest BCUT2D eigenvalue weighted by molar-refractivity contribution is 5.85. The first-order valence-electron chi connectivity index (χ1n) is 5.19. The minimum atomic E-state index is -1.17. The van der Waals surface area contributed by atoms with Gasteiger partial charge in [0.05, 0.1) is 0 Å². The summed E-state index contributed by atoms with van der Waals surface area (Å²) in [6, 6.07) is 0.00248. The molecule has 0 radical (unpaired) electrons. The van der Waals surface area contributed by atoms with E-state index in [1.807, 2.05) is 0 Å². The van der Waals surface area contributed by atoms with Crippen LogP contribution < -0.4 is 5.32 Å². The molecule has 0 aliphatic rings. The van der Waals surface area contributed by atoms with Crippen molar-refractivity contribution in [3.05, 3.63) is 18.5 Å². The lowest BCUT2D eigenvalue weighted by atomic mass is 10.2. The monoisotopic (exact) mass is 241 g/mol. The summed E-state index contributed by atoms with van der Waals surface area (Å²) in [6.07, 6.45) is 3.13. The number of hydrogen-bond acceptors (Lipinski definition) is 4. The lowest BCUT2D eigenvalue weighted by Gasteiger charge is -2.17. The number of carbonyl (C=O) groups excluding carboxylic acids is 1. The molecule has 1 aromatic rings. The van der Waals surface area contributed by atoms with E-state index in [9.17, 15) is 9.59 Å². The maximum atomic E-state index is 11.7. The molecule has 1 aromatic heterocycles. The average Bonchev–Trinajstić information content (AvgIpc) is 2.80. The molecule has 0 aliphatic carbocycles. The molecule has 0 aromatic carbocycles. The van der Waals surface area contributed by atoms with Crippen LogP contribution in [0.2, 0.25) is 0 Å². The summed E-state index contributed by atoms with van der Waals surface area (Å²) in [5.74, 6) is -1.62. The number of nitrogens with zero attached hydrogens (tertiary/aromatic N) is 2. The summed E-state index contributed by atoms with van der Waals surface area (Å²) < 4.78 is 1.42. The van der Waals surface area contributed by atoms with Crippen molar-refractivity contribution in [2.24, 2.45) is 0 Å². The fourth-order valence-electron chi connectivity index (χ4n) is 1.31. The van der Waals surface area contributed by atoms with Crippen molar-refractivity contribution in [1.82, 2.24) is 15.1 Å². The fraction of sp³-hybridized carbons (Fsp3) is 0.500. The molecule has 3 N–H and O–H groups in total. The molecule has 2 atom stereocenters. The number of carboxylic acid groups (broad SMARTS) is 1. The van der Waals surface area contributed by atoms with Crippen LogP contribution in [-0.2, 0) is 9.59 Å². The maximum Gasteiger partial charge on any atom is 0.326 e. The highest BCUT2D eigenvalue weighted by atomic mass is 16.4. The molecular formula is C10H15N3O4. The second-order valence-corrected chi connectivity index (χ2v) is 3.57. The molecule has 1 unspecified atom stereocenters. The topological polar surface area (TPSA) is 104 Å². The van der Waals surface area contributed by atoms with Crippen LogP contribution in [-0.4, -0.2) is 44.5 Å². The summed E-state index contributed by atoms with van der Waals surface area (Å²) in [5, 5.41) is 23.7. The number of nitrogens with one attached hydrogen (secondary N) is 1.